The van der Waals surface area contributed by atoms with E-state index < -0.39 is 0 Å². The van der Waals surface area contributed by atoms with Gasteiger partial charge in [0.1, 0.15) is 0 Å². The summed E-state index contributed by atoms with van der Waals surface area (Å²) in [6, 6.07) is 0. The van der Waals surface area contributed by atoms with Crippen molar-refractivity contribution in [1.82, 2.24) is 0 Å². The summed E-state index contributed by atoms with van der Waals surface area (Å²) in [5.74, 6) is 5.30. The van der Waals surface area contributed by atoms with Gasteiger partial charge in [0.2, 0.25) is 0 Å². The van der Waals surface area contributed by atoms with Gasteiger partial charge < -0.3 is 0 Å². The van der Waals surface area contributed by atoms with Crippen molar-refractivity contribution in [3.8, 4) is 0 Å². The summed E-state index contributed by atoms with van der Waals surface area (Å²) in [4.78, 5) is 0. The number of fused-ring (bicyclic) bond motifs is 1. The van der Waals surface area contributed by atoms with Crippen molar-refractivity contribution in [1.29, 1.82) is 0 Å². The number of rotatable bonds is 1. The second kappa shape index (κ2) is 3.63. The first kappa shape index (κ1) is 9.55. The molecule has 13 heavy (non-hydrogen) atoms. The molecule has 0 bridgehead atoms. The van der Waals surface area contributed by atoms with Gasteiger partial charge in [-0.25, -0.2) is 0 Å². The van der Waals surface area contributed by atoms with Crippen LogP contribution in [0, 0.1) is 29.6 Å². The van der Waals surface area contributed by atoms with Gasteiger partial charge in [0, 0.05) is 0 Å². The Balaban J connectivity index is 2.01. The van der Waals surface area contributed by atoms with Crippen LogP contribution in [-0.2, 0) is 0 Å². The third kappa shape index (κ3) is 1.78. The van der Waals surface area contributed by atoms with Crippen molar-refractivity contribution < 1.29 is 0 Å². The van der Waals surface area contributed by atoms with E-state index in [0.29, 0.717) is 0 Å². The molecule has 0 N–H and O–H groups in total. The minimum atomic E-state index is 1.01. The lowest BCUT2D eigenvalue weighted by atomic mass is 9.70. The van der Waals surface area contributed by atoms with E-state index in [1.54, 1.807) is 12.8 Å². The lowest BCUT2D eigenvalue weighted by molar-refractivity contribution is 0.151. The van der Waals surface area contributed by atoms with Gasteiger partial charge in [0.15, 0.2) is 0 Å². The maximum absolute atomic E-state index is 2.49. The summed E-state index contributed by atoms with van der Waals surface area (Å²) in [6.45, 7) is 7.31. The zero-order valence-electron chi connectivity index (χ0n) is 9.42. The molecule has 5 unspecified atom stereocenters. The second-order valence-corrected chi connectivity index (χ2v) is 5.72. The van der Waals surface area contributed by atoms with Crippen molar-refractivity contribution in [3.63, 3.8) is 0 Å². The molecule has 0 spiro atoms. The van der Waals surface area contributed by atoms with Crippen LogP contribution in [0.4, 0.5) is 0 Å². The summed E-state index contributed by atoms with van der Waals surface area (Å²) in [6.07, 6.45) is 7.56. The molecule has 5 atom stereocenters. The minimum absolute atomic E-state index is 1.01. The van der Waals surface area contributed by atoms with Crippen LogP contribution >= 0.6 is 0 Å². The molecule has 0 nitrogen and oxygen atoms in total. The van der Waals surface area contributed by atoms with Crippen molar-refractivity contribution in [2.24, 2.45) is 29.6 Å². The fourth-order valence-corrected chi connectivity index (χ4v) is 4.00. The van der Waals surface area contributed by atoms with E-state index in [2.05, 4.69) is 20.8 Å². The van der Waals surface area contributed by atoms with Crippen molar-refractivity contribution in [2.75, 3.05) is 0 Å². The highest BCUT2D eigenvalue weighted by molar-refractivity contribution is 4.90. The monoisotopic (exact) mass is 180 g/mol. The molecule has 2 aliphatic carbocycles. The molecule has 76 valence electrons. The summed E-state index contributed by atoms with van der Waals surface area (Å²) in [5, 5.41) is 0. The first-order valence-corrected chi connectivity index (χ1v) is 6.20. The third-order valence-electron chi connectivity index (χ3n) is 4.63. The molecular formula is C13H24. The fraction of sp³-hybridized carbons (Fsp3) is 1.00. The van der Waals surface area contributed by atoms with Crippen LogP contribution in [0.15, 0.2) is 0 Å². The molecule has 0 radical (unpaired) electrons. The smallest absolute Gasteiger partial charge is 0.0357 e. The Kier molecular flexibility index (Phi) is 2.67. The summed E-state index contributed by atoms with van der Waals surface area (Å²) < 4.78 is 0. The van der Waals surface area contributed by atoms with Gasteiger partial charge in [-0.2, -0.15) is 0 Å². The van der Waals surface area contributed by atoms with E-state index in [0.717, 1.165) is 29.6 Å². The predicted molar refractivity (Wildman–Crippen MR) is 57.6 cm³/mol. The Hall–Kier alpha value is 0. The Morgan fingerprint density at radius 1 is 1.00 bits per heavy atom. The molecule has 0 heteroatoms. The molecule has 2 saturated carbocycles. The normalized spacial score (nSPS) is 50.5. The van der Waals surface area contributed by atoms with E-state index >= 15 is 0 Å². The van der Waals surface area contributed by atoms with Gasteiger partial charge in [0.25, 0.3) is 0 Å². The highest BCUT2D eigenvalue weighted by atomic mass is 14.5. The highest BCUT2D eigenvalue weighted by Crippen LogP contribution is 2.50. The summed E-state index contributed by atoms with van der Waals surface area (Å²) in [7, 11) is 0. The molecule has 0 amide bonds. The predicted octanol–water partition coefficient (Wildman–Crippen LogP) is 4.10. The lowest BCUT2D eigenvalue weighted by Crippen LogP contribution is -2.26. The van der Waals surface area contributed by atoms with Crippen molar-refractivity contribution in [3.05, 3.63) is 0 Å². The van der Waals surface area contributed by atoms with Gasteiger partial charge in [-0.1, -0.05) is 27.2 Å². The number of hydrogen-bond acceptors (Lipinski definition) is 0. The van der Waals surface area contributed by atoms with Crippen LogP contribution in [0.2, 0.25) is 0 Å². The van der Waals surface area contributed by atoms with E-state index in [9.17, 15) is 0 Å². The summed E-state index contributed by atoms with van der Waals surface area (Å²) >= 11 is 0. The molecule has 0 aromatic heterocycles. The SMILES string of the molecule is CCC1CC2CC(C)CC(C)C2C1. The Morgan fingerprint density at radius 3 is 2.46 bits per heavy atom. The molecule has 0 aromatic carbocycles. The molecule has 0 heterocycles. The quantitative estimate of drug-likeness (QED) is 0.570. The van der Waals surface area contributed by atoms with E-state index in [-0.39, 0.29) is 0 Å². The van der Waals surface area contributed by atoms with Crippen molar-refractivity contribution >= 4 is 0 Å². The maximum Gasteiger partial charge on any atom is -0.0357 e. The first-order chi connectivity index (χ1) is 6.20. The minimum Gasteiger partial charge on any atom is -0.0651 e. The highest BCUT2D eigenvalue weighted by Gasteiger charge is 2.40. The molecule has 2 aliphatic rings. The van der Waals surface area contributed by atoms with Crippen LogP contribution in [-0.4, -0.2) is 0 Å². The standard InChI is InChI=1S/C13H24/c1-4-11-7-12-6-9(2)5-10(3)13(12)8-11/h9-13H,4-8H2,1-3H3. The lowest BCUT2D eigenvalue weighted by Gasteiger charge is -2.35. The third-order valence-corrected chi connectivity index (χ3v) is 4.63. The van der Waals surface area contributed by atoms with Crippen LogP contribution < -0.4 is 0 Å². The first-order valence-electron chi connectivity index (χ1n) is 6.20. The van der Waals surface area contributed by atoms with E-state index in [4.69, 9.17) is 0 Å². The number of hydrogen-bond donors (Lipinski definition) is 0. The van der Waals surface area contributed by atoms with Gasteiger partial charge in [0.05, 0.1) is 0 Å². The Labute approximate surface area is 83.1 Å². The van der Waals surface area contributed by atoms with E-state index in [1.165, 1.54) is 19.3 Å². The topological polar surface area (TPSA) is 0 Å². The average Bonchev–Trinajstić information content (AvgIpc) is 2.47. The molecule has 0 aromatic rings. The van der Waals surface area contributed by atoms with E-state index in [1.807, 2.05) is 0 Å². The fourth-order valence-electron chi connectivity index (χ4n) is 4.00. The Morgan fingerprint density at radius 2 is 1.77 bits per heavy atom. The largest absolute Gasteiger partial charge is 0.0651 e. The summed E-state index contributed by atoms with van der Waals surface area (Å²) in [5.41, 5.74) is 0. The zero-order valence-corrected chi connectivity index (χ0v) is 9.42. The second-order valence-electron chi connectivity index (χ2n) is 5.72. The molecule has 0 saturated heterocycles. The Bertz CT molecular complexity index is 173. The molecule has 2 rings (SSSR count). The maximum atomic E-state index is 2.49. The van der Waals surface area contributed by atoms with Crippen LogP contribution in [0.25, 0.3) is 0 Å². The van der Waals surface area contributed by atoms with Gasteiger partial charge in [-0.05, 0) is 55.3 Å². The molecular weight excluding hydrogens is 156 g/mol. The van der Waals surface area contributed by atoms with Crippen molar-refractivity contribution in [2.45, 2.75) is 52.9 Å². The molecule has 0 aliphatic heterocycles. The van der Waals surface area contributed by atoms with Gasteiger partial charge in [-0.15, -0.1) is 0 Å². The zero-order chi connectivity index (χ0) is 9.42. The average molecular weight is 180 g/mol. The molecule has 2 fully saturated rings. The van der Waals surface area contributed by atoms with Crippen LogP contribution in [0.1, 0.15) is 52.9 Å². The van der Waals surface area contributed by atoms with Gasteiger partial charge >= 0.3 is 0 Å². The van der Waals surface area contributed by atoms with Gasteiger partial charge in [-0.3, -0.25) is 0 Å². The van der Waals surface area contributed by atoms with Crippen LogP contribution in [0.5, 0.6) is 0 Å². The van der Waals surface area contributed by atoms with Crippen LogP contribution in [0.3, 0.4) is 0 Å².